The second kappa shape index (κ2) is 8.81. The minimum Gasteiger partial charge on any atom is -0.0654 e. The van der Waals surface area contributed by atoms with Gasteiger partial charge in [-0.25, -0.2) is 0 Å². The van der Waals surface area contributed by atoms with Crippen LogP contribution < -0.4 is 15.9 Å². The van der Waals surface area contributed by atoms with E-state index in [-0.39, 0.29) is 0 Å². The van der Waals surface area contributed by atoms with Crippen molar-refractivity contribution in [3.63, 3.8) is 0 Å². The van der Waals surface area contributed by atoms with E-state index < -0.39 is 7.92 Å². The van der Waals surface area contributed by atoms with Gasteiger partial charge in [0.2, 0.25) is 0 Å². The third-order valence-electron chi connectivity index (χ3n) is 4.31. The molecular weight excluding hydrogens is 307 g/mol. The molecule has 0 nitrogen and oxygen atoms in total. The van der Waals surface area contributed by atoms with E-state index in [1.165, 1.54) is 47.2 Å². The van der Waals surface area contributed by atoms with Gasteiger partial charge >= 0.3 is 0 Å². The van der Waals surface area contributed by atoms with Crippen molar-refractivity contribution in [2.45, 2.75) is 32.6 Å². The molecular formula is C23H25P. The van der Waals surface area contributed by atoms with Gasteiger partial charge in [0.05, 0.1) is 0 Å². The fraction of sp³-hybridized carbons (Fsp3) is 0.217. The van der Waals surface area contributed by atoms with Crippen LogP contribution in [0.2, 0.25) is 0 Å². The van der Waals surface area contributed by atoms with Gasteiger partial charge in [-0.3, -0.25) is 0 Å². The van der Waals surface area contributed by atoms with Crippen LogP contribution in [0.15, 0.2) is 84.9 Å². The Morgan fingerprint density at radius 2 is 1.17 bits per heavy atom. The molecule has 3 rings (SSSR count). The van der Waals surface area contributed by atoms with Crippen molar-refractivity contribution >= 4 is 23.8 Å². The molecule has 0 amide bonds. The number of hydrogen-bond donors (Lipinski definition) is 0. The van der Waals surface area contributed by atoms with Crippen molar-refractivity contribution in [2.24, 2.45) is 0 Å². The predicted octanol–water partition coefficient (Wildman–Crippen LogP) is 5.18. The summed E-state index contributed by atoms with van der Waals surface area (Å²) < 4.78 is 0. The van der Waals surface area contributed by atoms with Crippen LogP contribution in [-0.2, 0) is 6.42 Å². The lowest BCUT2D eigenvalue weighted by Crippen LogP contribution is -2.23. The minimum absolute atomic E-state index is 0.488. The van der Waals surface area contributed by atoms with Gasteiger partial charge in [0.25, 0.3) is 0 Å². The van der Waals surface area contributed by atoms with Crippen LogP contribution in [0, 0.1) is 0 Å². The maximum atomic E-state index is 2.34. The molecule has 3 aromatic carbocycles. The average molecular weight is 332 g/mol. The summed E-state index contributed by atoms with van der Waals surface area (Å²) in [6.07, 6.45) is 5.04. The lowest BCUT2D eigenvalue weighted by molar-refractivity contribution is 0.719. The lowest BCUT2D eigenvalue weighted by atomic mass is 10.1. The summed E-state index contributed by atoms with van der Waals surface area (Å²) in [6.45, 7) is 2.27. The molecule has 0 aliphatic heterocycles. The standard InChI is InChI=1S/C23H25P/c1-2-3-6-13-20-14-11-12-19-23(20)24(21-15-7-4-8-16-21)22-17-9-5-10-18-22/h4-5,7-12,14-19H,2-3,6,13H2,1H3. The van der Waals surface area contributed by atoms with Crippen LogP contribution in [-0.4, -0.2) is 0 Å². The molecule has 0 atom stereocenters. The Morgan fingerprint density at radius 1 is 0.625 bits per heavy atom. The first-order valence-corrected chi connectivity index (χ1v) is 10.2. The van der Waals surface area contributed by atoms with E-state index in [1.807, 2.05) is 0 Å². The first-order chi connectivity index (χ1) is 11.9. The topological polar surface area (TPSA) is 0 Å². The molecule has 0 saturated carbocycles. The molecule has 122 valence electrons. The van der Waals surface area contributed by atoms with Gasteiger partial charge in [0, 0.05) is 0 Å². The molecule has 0 aliphatic carbocycles. The van der Waals surface area contributed by atoms with E-state index in [0.717, 1.165) is 0 Å². The van der Waals surface area contributed by atoms with Gasteiger partial charge in [-0.15, -0.1) is 0 Å². The molecule has 0 bridgehead atoms. The van der Waals surface area contributed by atoms with Crippen molar-refractivity contribution in [1.29, 1.82) is 0 Å². The molecule has 0 heterocycles. The van der Waals surface area contributed by atoms with Gasteiger partial charge in [0.15, 0.2) is 0 Å². The molecule has 0 spiro atoms. The van der Waals surface area contributed by atoms with E-state index in [9.17, 15) is 0 Å². The minimum atomic E-state index is -0.488. The van der Waals surface area contributed by atoms with E-state index >= 15 is 0 Å². The second-order valence-corrected chi connectivity index (χ2v) is 8.28. The maximum Gasteiger partial charge on any atom is -0.0119 e. The van der Waals surface area contributed by atoms with Gasteiger partial charge < -0.3 is 0 Å². The smallest absolute Gasteiger partial charge is 0.0119 e. The van der Waals surface area contributed by atoms with Crippen LogP contribution >= 0.6 is 7.92 Å². The van der Waals surface area contributed by atoms with E-state index in [4.69, 9.17) is 0 Å². The molecule has 3 aromatic rings. The summed E-state index contributed by atoms with van der Waals surface area (Å²) in [5.41, 5.74) is 1.52. The zero-order chi connectivity index (χ0) is 16.6. The van der Waals surface area contributed by atoms with Gasteiger partial charge in [0.1, 0.15) is 0 Å². The molecule has 0 aliphatic rings. The molecule has 0 radical (unpaired) electrons. The van der Waals surface area contributed by atoms with Gasteiger partial charge in [-0.1, -0.05) is 105 Å². The molecule has 24 heavy (non-hydrogen) atoms. The molecule has 0 unspecified atom stereocenters. The molecule has 0 N–H and O–H groups in total. The third kappa shape index (κ3) is 4.13. The van der Waals surface area contributed by atoms with Crippen molar-refractivity contribution in [2.75, 3.05) is 0 Å². The zero-order valence-corrected chi connectivity index (χ0v) is 15.3. The van der Waals surface area contributed by atoms with Crippen LogP contribution in [0.25, 0.3) is 0 Å². The zero-order valence-electron chi connectivity index (χ0n) is 14.4. The van der Waals surface area contributed by atoms with Crippen molar-refractivity contribution < 1.29 is 0 Å². The SMILES string of the molecule is CCCCCc1ccccc1P(c1ccccc1)c1ccccc1. The first kappa shape index (κ1) is 16.9. The summed E-state index contributed by atoms with van der Waals surface area (Å²) in [4.78, 5) is 0. The second-order valence-electron chi connectivity index (χ2n) is 6.09. The van der Waals surface area contributed by atoms with Crippen LogP contribution in [0.5, 0.6) is 0 Å². The highest BCUT2D eigenvalue weighted by atomic mass is 31.1. The third-order valence-corrected chi connectivity index (χ3v) is 6.86. The van der Waals surface area contributed by atoms with E-state index in [0.29, 0.717) is 0 Å². The van der Waals surface area contributed by atoms with Crippen LogP contribution in [0.1, 0.15) is 31.7 Å². The number of benzene rings is 3. The van der Waals surface area contributed by atoms with Crippen molar-refractivity contribution in [3.05, 3.63) is 90.5 Å². The number of rotatable bonds is 7. The Balaban J connectivity index is 2.04. The fourth-order valence-electron chi connectivity index (χ4n) is 3.09. The van der Waals surface area contributed by atoms with Crippen LogP contribution in [0.3, 0.4) is 0 Å². The average Bonchev–Trinajstić information content (AvgIpc) is 2.65. The Labute approximate surface area is 147 Å². The largest absolute Gasteiger partial charge is 0.0654 e. The molecule has 0 fully saturated rings. The normalized spacial score (nSPS) is 10.9. The monoisotopic (exact) mass is 332 g/mol. The van der Waals surface area contributed by atoms with Gasteiger partial charge in [-0.05, 0) is 42.2 Å². The Morgan fingerprint density at radius 3 is 1.75 bits per heavy atom. The van der Waals surface area contributed by atoms with Gasteiger partial charge in [-0.2, -0.15) is 0 Å². The first-order valence-electron chi connectivity index (χ1n) is 8.88. The highest BCUT2D eigenvalue weighted by Crippen LogP contribution is 2.34. The van der Waals surface area contributed by atoms with Crippen LogP contribution in [0.4, 0.5) is 0 Å². The lowest BCUT2D eigenvalue weighted by Gasteiger charge is -2.22. The summed E-state index contributed by atoms with van der Waals surface area (Å²) in [7, 11) is -0.488. The van der Waals surface area contributed by atoms with Crippen molar-refractivity contribution in [1.82, 2.24) is 0 Å². The highest BCUT2D eigenvalue weighted by Gasteiger charge is 2.18. The number of unbranched alkanes of at least 4 members (excludes halogenated alkanes) is 2. The molecule has 0 aromatic heterocycles. The summed E-state index contributed by atoms with van der Waals surface area (Å²) >= 11 is 0. The Kier molecular flexibility index (Phi) is 6.21. The summed E-state index contributed by atoms with van der Waals surface area (Å²) in [6, 6.07) is 31.0. The van der Waals surface area contributed by atoms with E-state index in [1.54, 1.807) is 0 Å². The fourth-order valence-corrected chi connectivity index (χ4v) is 5.59. The predicted molar refractivity (Wildman–Crippen MR) is 108 cm³/mol. The molecule has 1 heteroatoms. The highest BCUT2D eigenvalue weighted by molar-refractivity contribution is 7.79. The summed E-state index contributed by atoms with van der Waals surface area (Å²) in [5.74, 6) is 0. The Bertz CT molecular complexity index is 695. The van der Waals surface area contributed by atoms with Crippen molar-refractivity contribution in [3.8, 4) is 0 Å². The van der Waals surface area contributed by atoms with E-state index in [2.05, 4.69) is 91.9 Å². The quantitative estimate of drug-likeness (QED) is 0.413. The maximum absolute atomic E-state index is 2.34. The Hall–Kier alpha value is -1.91. The number of hydrogen-bond acceptors (Lipinski definition) is 0. The molecule has 0 saturated heterocycles. The summed E-state index contributed by atoms with van der Waals surface area (Å²) in [5, 5.41) is 4.38. The number of aryl methyl sites for hydroxylation is 1.